The lowest BCUT2D eigenvalue weighted by atomic mass is 10.2. The lowest BCUT2D eigenvalue weighted by Gasteiger charge is -2.32. The van der Waals surface area contributed by atoms with E-state index in [4.69, 9.17) is 9.15 Å². The fourth-order valence-corrected chi connectivity index (χ4v) is 3.08. The Balaban J connectivity index is 1.51. The molecule has 1 unspecified atom stereocenters. The maximum absolute atomic E-state index is 5.43. The zero-order chi connectivity index (χ0) is 14.5. The summed E-state index contributed by atoms with van der Waals surface area (Å²) in [6.45, 7) is 6.70. The Labute approximate surface area is 125 Å². The molecule has 0 spiro atoms. The quantitative estimate of drug-likeness (QED) is 0.658. The van der Waals surface area contributed by atoms with Gasteiger partial charge in [-0.2, -0.15) is 0 Å². The van der Waals surface area contributed by atoms with Gasteiger partial charge in [0.25, 0.3) is 0 Å². The summed E-state index contributed by atoms with van der Waals surface area (Å²) in [5.74, 6) is 0.979. The molecule has 2 fully saturated rings. The first-order valence-corrected chi connectivity index (χ1v) is 7.65. The molecule has 1 N–H and O–H groups in total. The van der Waals surface area contributed by atoms with Gasteiger partial charge in [-0.05, 0) is 12.5 Å². The molecule has 0 amide bonds. The Morgan fingerprint density at radius 2 is 2.24 bits per heavy atom. The third kappa shape index (κ3) is 3.57. The number of guanidine groups is 1. The van der Waals surface area contributed by atoms with Gasteiger partial charge in [0.05, 0.1) is 25.7 Å². The molecule has 0 aromatic carbocycles. The molecule has 0 bridgehead atoms. The smallest absolute Gasteiger partial charge is 0.193 e. The Bertz CT molecular complexity index is 454. The van der Waals surface area contributed by atoms with Gasteiger partial charge >= 0.3 is 0 Å². The van der Waals surface area contributed by atoms with Gasteiger partial charge in [-0.25, -0.2) is 0 Å². The predicted molar refractivity (Wildman–Crippen MR) is 81.3 cm³/mol. The number of likely N-dealkylation sites (tertiary alicyclic amines) is 1. The largest absolute Gasteiger partial charge is 0.472 e. The molecule has 0 saturated carbocycles. The monoisotopic (exact) mass is 292 g/mol. The highest BCUT2D eigenvalue weighted by Gasteiger charge is 2.30. The van der Waals surface area contributed by atoms with Crippen LogP contribution >= 0.6 is 0 Å². The van der Waals surface area contributed by atoms with Crippen molar-refractivity contribution in [2.24, 2.45) is 4.99 Å². The molecule has 2 aliphatic rings. The Morgan fingerprint density at radius 3 is 2.95 bits per heavy atom. The van der Waals surface area contributed by atoms with Crippen molar-refractivity contribution in [2.45, 2.75) is 19.0 Å². The van der Waals surface area contributed by atoms with E-state index in [0.29, 0.717) is 6.04 Å². The fourth-order valence-electron chi connectivity index (χ4n) is 3.08. The second kappa shape index (κ2) is 6.95. The molecule has 6 nitrogen and oxygen atoms in total. The molecule has 2 aliphatic heterocycles. The highest BCUT2D eigenvalue weighted by atomic mass is 16.5. The van der Waals surface area contributed by atoms with E-state index in [1.807, 2.05) is 13.1 Å². The number of ether oxygens (including phenoxy) is 1. The normalized spacial score (nSPS) is 24.5. The van der Waals surface area contributed by atoms with Crippen LogP contribution in [-0.4, -0.2) is 68.2 Å². The highest BCUT2D eigenvalue weighted by molar-refractivity contribution is 5.80. The van der Waals surface area contributed by atoms with Crippen molar-refractivity contribution in [3.05, 3.63) is 24.2 Å². The predicted octanol–water partition coefficient (Wildman–Crippen LogP) is 0.762. The number of rotatable bonds is 3. The summed E-state index contributed by atoms with van der Waals surface area (Å²) in [7, 11) is 1.85. The third-order valence-electron chi connectivity index (χ3n) is 4.27. The standard InChI is InChI=1S/C15H24N4O2/c1-16-15(17-10-13-3-7-21-12-13)19-4-2-14(11-19)18-5-8-20-9-6-18/h3,7,12,14H,2,4-6,8-11H2,1H3,(H,16,17). The van der Waals surface area contributed by atoms with Gasteiger partial charge in [0.15, 0.2) is 5.96 Å². The van der Waals surface area contributed by atoms with E-state index < -0.39 is 0 Å². The van der Waals surface area contributed by atoms with Gasteiger partial charge in [0.2, 0.25) is 0 Å². The first-order valence-electron chi connectivity index (χ1n) is 7.65. The van der Waals surface area contributed by atoms with Gasteiger partial charge in [-0.3, -0.25) is 9.89 Å². The van der Waals surface area contributed by atoms with Crippen LogP contribution in [0.15, 0.2) is 28.0 Å². The number of hydrogen-bond acceptors (Lipinski definition) is 4. The van der Waals surface area contributed by atoms with Gasteiger partial charge in [-0.15, -0.1) is 0 Å². The zero-order valence-electron chi connectivity index (χ0n) is 12.6. The minimum atomic E-state index is 0.626. The van der Waals surface area contributed by atoms with E-state index in [1.54, 1.807) is 12.5 Å². The molecule has 3 rings (SSSR count). The van der Waals surface area contributed by atoms with Gasteiger partial charge < -0.3 is 19.4 Å². The molecular weight excluding hydrogens is 268 g/mol. The molecule has 0 aliphatic carbocycles. The number of nitrogens with zero attached hydrogens (tertiary/aromatic N) is 3. The summed E-state index contributed by atoms with van der Waals surface area (Å²) < 4.78 is 10.5. The van der Waals surface area contributed by atoms with Crippen molar-refractivity contribution < 1.29 is 9.15 Å². The van der Waals surface area contributed by atoms with Crippen LogP contribution in [0.4, 0.5) is 0 Å². The van der Waals surface area contributed by atoms with Crippen LogP contribution < -0.4 is 5.32 Å². The third-order valence-corrected chi connectivity index (χ3v) is 4.27. The van der Waals surface area contributed by atoms with E-state index >= 15 is 0 Å². The molecule has 116 valence electrons. The molecule has 3 heterocycles. The zero-order valence-corrected chi connectivity index (χ0v) is 12.6. The Hall–Kier alpha value is -1.53. The summed E-state index contributed by atoms with van der Waals surface area (Å²) in [5, 5.41) is 3.41. The summed E-state index contributed by atoms with van der Waals surface area (Å²) >= 11 is 0. The maximum atomic E-state index is 5.43. The van der Waals surface area contributed by atoms with Crippen LogP contribution in [0.1, 0.15) is 12.0 Å². The molecule has 21 heavy (non-hydrogen) atoms. The van der Waals surface area contributed by atoms with Gasteiger partial charge in [0, 0.05) is 51.4 Å². The molecule has 6 heteroatoms. The number of morpholine rings is 1. The topological polar surface area (TPSA) is 53.2 Å². The van der Waals surface area contributed by atoms with Crippen LogP contribution in [0.25, 0.3) is 0 Å². The van der Waals surface area contributed by atoms with Crippen LogP contribution in [0.2, 0.25) is 0 Å². The van der Waals surface area contributed by atoms with E-state index in [-0.39, 0.29) is 0 Å². The lowest BCUT2D eigenvalue weighted by molar-refractivity contribution is 0.0195. The van der Waals surface area contributed by atoms with Crippen LogP contribution in [0.5, 0.6) is 0 Å². The molecule has 1 aromatic rings. The average Bonchev–Trinajstić information content (AvgIpc) is 3.20. The summed E-state index contributed by atoms with van der Waals surface area (Å²) in [4.78, 5) is 9.30. The Kier molecular flexibility index (Phi) is 4.77. The molecular formula is C15H24N4O2. The van der Waals surface area contributed by atoms with Gasteiger partial charge in [-0.1, -0.05) is 0 Å². The maximum Gasteiger partial charge on any atom is 0.193 e. The van der Waals surface area contributed by atoms with Crippen LogP contribution in [-0.2, 0) is 11.3 Å². The van der Waals surface area contributed by atoms with Crippen molar-refractivity contribution in [3.8, 4) is 0 Å². The van der Waals surface area contributed by atoms with Crippen molar-refractivity contribution in [1.29, 1.82) is 0 Å². The first-order chi connectivity index (χ1) is 10.4. The Morgan fingerprint density at radius 1 is 1.38 bits per heavy atom. The minimum absolute atomic E-state index is 0.626. The van der Waals surface area contributed by atoms with E-state index in [0.717, 1.165) is 57.5 Å². The van der Waals surface area contributed by atoms with Crippen LogP contribution in [0, 0.1) is 0 Å². The molecule has 1 aromatic heterocycles. The number of aliphatic imine (C=N–C) groups is 1. The number of nitrogens with one attached hydrogen (secondary N) is 1. The van der Waals surface area contributed by atoms with Crippen LogP contribution in [0.3, 0.4) is 0 Å². The van der Waals surface area contributed by atoms with Gasteiger partial charge in [0.1, 0.15) is 0 Å². The lowest BCUT2D eigenvalue weighted by Crippen LogP contribution is -2.46. The minimum Gasteiger partial charge on any atom is -0.472 e. The highest BCUT2D eigenvalue weighted by Crippen LogP contribution is 2.17. The van der Waals surface area contributed by atoms with Crippen molar-refractivity contribution >= 4 is 5.96 Å². The molecule has 0 radical (unpaired) electrons. The fraction of sp³-hybridized carbons (Fsp3) is 0.667. The second-order valence-electron chi connectivity index (χ2n) is 5.57. The van der Waals surface area contributed by atoms with Crippen molar-refractivity contribution in [1.82, 2.24) is 15.1 Å². The first kappa shape index (κ1) is 14.4. The summed E-state index contributed by atoms with van der Waals surface area (Å²) in [6, 6.07) is 2.60. The SMILES string of the molecule is CN=C(NCc1ccoc1)N1CCC(N2CCOCC2)C1. The van der Waals surface area contributed by atoms with E-state index in [9.17, 15) is 0 Å². The van der Waals surface area contributed by atoms with E-state index in [1.165, 1.54) is 6.42 Å². The molecule has 2 saturated heterocycles. The molecule has 1 atom stereocenters. The summed E-state index contributed by atoms with van der Waals surface area (Å²) in [5.41, 5.74) is 1.14. The van der Waals surface area contributed by atoms with E-state index in [2.05, 4.69) is 20.1 Å². The second-order valence-corrected chi connectivity index (χ2v) is 5.57. The number of furan rings is 1. The van der Waals surface area contributed by atoms with Crippen molar-refractivity contribution in [2.75, 3.05) is 46.4 Å². The number of hydrogen-bond donors (Lipinski definition) is 1. The van der Waals surface area contributed by atoms with Crippen molar-refractivity contribution in [3.63, 3.8) is 0 Å². The average molecular weight is 292 g/mol. The summed E-state index contributed by atoms with van der Waals surface area (Å²) in [6.07, 6.45) is 4.66.